The lowest BCUT2D eigenvalue weighted by Crippen LogP contribution is -2.53. The Labute approximate surface area is 254 Å². The molecule has 220 valence electrons. The standard InChI is InChI=1S/C34H33N3O5S/c1-2-42-26-14-12-24(13-15-26)35-17-5-9-27-28(31(35)39)29-32(40)37(19-20-38)30-33(41)36(18-6-16-34(29,30)43-27)25-11-10-22-7-3-4-8-23(22)21-25/h3-16,21,27-30,38H,2,17-20H2,1H3/t27-,28+,29+,30?,34+/m1/s1. The van der Waals surface area contributed by atoms with E-state index in [2.05, 4.69) is 0 Å². The Kier molecular flexibility index (Phi) is 7.02. The van der Waals surface area contributed by atoms with Crippen molar-refractivity contribution in [3.05, 3.63) is 91.0 Å². The summed E-state index contributed by atoms with van der Waals surface area (Å²) >= 11 is 1.54. The monoisotopic (exact) mass is 595 g/mol. The maximum absolute atomic E-state index is 14.5. The molecule has 2 saturated heterocycles. The fraction of sp³-hybridized carbons (Fsp3) is 0.324. The summed E-state index contributed by atoms with van der Waals surface area (Å²) in [5.41, 5.74) is 1.48. The Balaban J connectivity index is 1.27. The van der Waals surface area contributed by atoms with Gasteiger partial charge >= 0.3 is 0 Å². The van der Waals surface area contributed by atoms with E-state index < -0.39 is 22.6 Å². The van der Waals surface area contributed by atoms with Gasteiger partial charge in [0.05, 0.1) is 29.8 Å². The molecule has 0 aliphatic carbocycles. The van der Waals surface area contributed by atoms with Gasteiger partial charge in [0, 0.05) is 36.3 Å². The molecule has 7 rings (SSSR count). The molecule has 3 aromatic rings. The fourth-order valence-corrected chi connectivity index (χ4v) is 9.19. The number of ether oxygens (including phenoxy) is 1. The third-order valence-corrected chi connectivity index (χ3v) is 10.7. The zero-order valence-electron chi connectivity index (χ0n) is 23.8. The van der Waals surface area contributed by atoms with Crippen LogP contribution in [0.3, 0.4) is 0 Å². The smallest absolute Gasteiger partial charge is 0.251 e. The zero-order valence-corrected chi connectivity index (χ0v) is 24.7. The highest BCUT2D eigenvalue weighted by Crippen LogP contribution is 2.61. The molecule has 5 atom stereocenters. The summed E-state index contributed by atoms with van der Waals surface area (Å²) in [6, 6.07) is 20.5. The van der Waals surface area contributed by atoms with E-state index in [4.69, 9.17) is 4.74 Å². The van der Waals surface area contributed by atoms with Crippen LogP contribution in [0.1, 0.15) is 6.92 Å². The van der Waals surface area contributed by atoms with Crippen LogP contribution in [0.25, 0.3) is 10.8 Å². The Bertz CT molecular complexity index is 1660. The maximum Gasteiger partial charge on any atom is 0.251 e. The van der Waals surface area contributed by atoms with Gasteiger partial charge < -0.3 is 24.5 Å². The largest absolute Gasteiger partial charge is 0.494 e. The number of β-amino-alcohol motifs (C(OH)–C–C–N with tert-alkyl or cyclic N) is 1. The van der Waals surface area contributed by atoms with Gasteiger partial charge in [0.25, 0.3) is 5.91 Å². The number of hydrogen-bond acceptors (Lipinski definition) is 6. The third kappa shape index (κ3) is 4.36. The summed E-state index contributed by atoms with van der Waals surface area (Å²) in [6.45, 7) is 2.96. The molecule has 9 heteroatoms. The quantitative estimate of drug-likeness (QED) is 0.433. The van der Waals surface area contributed by atoms with Crippen LogP contribution in [-0.4, -0.2) is 76.6 Å². The van der Waals surface area contributed by atoms with E-state index in [-0.39, 0.29) is 36.1 Å². The first-order valence-electron chi connectivity index (χ1n) is 14.7. The van der Waals surface area contributed by atoms with Crippen molar-refractivity contribution in [1.82, 2.24) is 4.90 Å². The van der Waals surface area contributed by atoms with Crippen LogP contribution in [0.2, 0.25) is 0 Å². The molecule has 2 fully saturated rings. The molecule has 4 heterocycles. The number of aliphatic hydroxyl groups is 1. The molecule has 4 aliphatic heterocycles. The number of carbonyl (C=O) groups is 3. The van der Waals surface area contributed by atoms with E-state index in [1.165, 1.54) is 16.7 Å². The number of benzene rings is 3. The van der Waals surface area contributed by atoms with Gasteiger partial charge in [-0.15, -0.1) is 11.8 Å². The molecule has 1 unspecified atom stereocenters. The third-order valence-electron chi connectivity index (χ3n) is 9.00. The lowest BCUT2D eigenvalue weighted by Gasteiger charge is -2.35. The maximum atomic E-state index is 14.5. The van der Waals surface area contributed by atoms with Gasteiger partial charge in [0.2, 0.25) is 11.8 Å². The summed E-state index contributed by atoms with van der Waals surface area (Å²) in [5.74, 6) is -1.26. The van der Waals surface area contributed by atoms with Crippen LogP contribution < -0.4 is 14.5 Å². The van der Waals surface area contributed by atoms with Crippen LogP contribution in [0.15, 0.2) is 91.0 Å². The van der Waals surface area contributed by atoms with Crippen LogP contribution >= 0.6 is 11.8 Å². The number of anilines is 2. The van der Waals surface area contributed by atoms with Crippen molar-refractivity contribution in [2.24, 2.45) is 11.8 Å². The second-order valence-corrected chi connectivity index (χ2v) is 12.8. The molecule has 4 aliphatic rings. The van der Waals surface area contributed by atoms with Gasteiger partial charge in [-0.25, -0.2) is 0 Å². The molecular formula is C34H33N3O5S. The van der Waals surface area contributed by atoms with Gasteiger partial charge in [-0.05, 0) is 54.1 Å². The van der Waals surface area contributed by atoms with E-state index in [1.54, 1.807) is 9.80 Å². The van der Waals surface area contributed by atoms with Crippen molar-refractivity contribution in [3.63, 3.8) is 0 Å². The zero-order chi connectivity index (χ0) is 29.7. The molecular weight excluding hydrogens is 562 g/mol. The number of nitrogens with zero attached hydrogens (tertiary/aromatic N) is 3. The number of carbonyl (C=O) groups excluding carboxylic acids is 3. The molecule has 8 nitrogen and oxygen atoms in total. The van der Waals surface area contributed by atoms with E-state index >= 15 is 0 Å². The summed E-state index contributed by atoms with van der Waals surface area (Å²) in [7, 11) is 0. The van der Waals surface area contributed by atoms with Crippen LogP contribution in [0, 0.1) is 11.8 Å². The minimum Gasteiger partial charge on any atom is -0.494 e. The Morgan fingerprint density at radius 2 is 1.60 bits per heavy atom. The van der Waals surface area contributed by atoms with Gasteiger partial charge in [-0.3, -0.25) is 14.4 Å². The fourth-order valence-electron chi connectivity index (χ4n) is 7.18. The Morgan fingerprint density at radius 1 is 0.884 bits per heavy atom. The number of thioether (sulfide) groups is 1. The summed E-state index contributed by atoms with van der Waals surface area (Å²) in [6.07, 6.45) is 7.98. The minimum atomic E-state index is -0.938. The average Bonchev–Trinajstić information content (AvgIpc) is 3.32. The van der Waals surface area contributed by atoms with Crippen molar-refractivity contribution in [2.45, 2.75) is 23.0 Å². The number of hydrogen-bond donors (Lipinski definition) is 1. The van der Waals surface area contributed by atoms with Crippen molar-refractivity contribution >= 4 is 51.6 Å². The highest BCUT2D eigenvalue weighted by molar-refractivity contribution is 8.02. The summed E-state index contributed by atoms with van der Waals surface area (Å²) in [5, 5.41) is 11.8. The molecule has 3 aromatic carbocycles. The molecule has 43 heavy (non-hydrogen) atoms. The Hall–Kier alpha value is -4.08. The van der Waals surface area contributed by atoms with Crippen LogP contribution in [0.4, 0.5) is 11.4 Å². The minimum absolute atomic E-state index is 0.0253. The molecule has 0 radical (unpaired) electrons. The first-order valence-corrected chi connectivity index (χ1v) is 15.6. The first kappa shape index (κ1) is 27.7. The lowest BCUT2D eigenvalue weighted by atomic mass is 9.78. The number of amides is 3. The van der Waals surface area contributed by atoms with Crippen molar-refractivity contribution < 1.29 is 24.2 Å². The number of rotatable bonds is 6. The second-order valence-electron chi connectivity index (χ2n) is 11.3. The predicted octanol–water partition coefficient (Wildman–Crippen LogP) is 4.03. The number of aliphatic hydroxyl groups excluding tert-OH is 1. The number of likely N-dealkylation sites (tertiary alicyclic amines) is 1. The lowest BCUT2D eigenvalue weighted by molar-refractivity contribution is -0.139. The molecule has 0 aromatic heterocycles. The van der Waals surface area contributed by atoms with E-state index in [0.29, 0.717) is 19.7 Å². The second kappa shape index (κ2) is 10.9. The molecule has 1 spiro atoms. The molecule has 0 bridgehead atoms. The van der Waals surface area contributed by atoms with E-state index in [1.807, 2.05) is 98.0 Å². The summed E-state index contributed by atoms with van der Waals surface area (Å²) in [4.78, 5) is 48.1. The normalized spacial score (nSPS) is 28.1. The van der Waals surface area contributed by atoms with Gasteiger partial charge in [-0.2, -0.15) is 0 Å². The first-order chi connectivity index (χ1) is 21.0. The van der Waals surface area contributed by atoms with Crippen LogP contribution in [0.5, 0.6) is 5.75 Å². The number of fused-ring (bicyclic) bond motifs is 3. The van der Waals surface area contributed by atoms with Gasteiger partial charge in [0.1, 0.15) is 11.8 Å². The predicted molar refractivity (Wildman–Crippen MR) is 168 cm³/mol. The van der Waals surface area contributed by atoms with Gasteiger partial charge in [0.15, 0.2) is 0 Å². The van der Waals surface area contributed by atoms with Crippen molar-refractivity contribution in [2.75, 3.05) is 42.6 Å². The highest BCUT2D eigenvalue weighted by Gasteiger charge is 2.71. The van der Waals surface area contributed by atoms with E-state index in [0.717, 1.165) is 27.9 Å². The SMILES string of the molecule is CCOc1ccc(N2CC=C[C@H]3S[C@]45C=CCN(c6ccc7ccccc7c6)C(=O)C4N(CCO)C(=O)[C@@H]5[C@H]3C2=O)cc1. The van der Waals surface area contributed by atoms with Crippen molar-refractivity contribution in [1.29, 1.82) is 0 Å². The van der Waals surface area contributed by atoms with E-state index in [9.17, 15) is 19.5 Å². The molecule has 0 saturated carbocycles. The Morgan fingerprint density at radius 3 is 2.37 bits per heavy atom. The average molecular weight is 596 g/mol. The molecule has 3 amide bonds. The topological polar surface area (TPSA) is 90.4 Å². The highest BCUT2D eigenvalue weighted by atomic mass is 32.2. The van der Waals surface area contributed by atoms with Gasteiger partial charge in [-0.1, -0.05) is 54.6 Å². The van der Waals surface area contributed by atoms with Crippen LogP contribution in [-0.2, 0) is 14.4 Å². The van der Waals surface area contributed by atoms with Crippen molar-refractivity contribution in [3.8, 4) is 5.75 Å². The summed E-state index contributed by atoms with van der Waals surface area (Å²) < 4.78 is 4.64. The molecule has 1 N–H and O–H groups in total.